The first-order chi connectivity index (χ1) is 15.4. The summed E-state index contributed by atoms with van der Waals surface area (Å²) in [5.41, 5.74) is 3.88. The molecule has 2 aliphatic heterocycles. The molecule has 0 unspecified atom stereocenters. The second-order valence-corrected chi connectivity index (χ2v) is 9.08. The number of likely N-dealkylation sites (N-methyl/N-ethyl adjacent to an activating group) is 1. The van der Waals surface area contributed by atoms with Gasteiger partial charge < -0.3 is 9.80 Å². The van der Waals surface area contributed by atoms with Crippen molar-refractivity contribution in [1.29, 1.82) is 0 Å². The summed E-state index contributed by atoms with van der Waals surface area (Å²) in [7, 11) is 2.17. The molecule has 0 aromatic heterocycles. The van der Waals surface area contributed by atoms with Crippen LogP contribution in [0.2, 0.25) is 0 Å². The van der Waals surface area contributed by atoms with Crippen LogP contribution in [0.4, 0.5) is 4.79 Å². The number of carbonyl (C=O) groups is 2. The van der Waals surface area contributed by atoms with Crippen molar-refractivity contribution in [2.45, 2.75) is 33.6 Å². The number of nitrogens with one attached hydrogen (secondary N) is 1. The summed E-state index contributed by atoms with van der Waals surface area (Å²) in [6.07, 6.45) is 7.91. The van der Waals surface area contributed by atoms with Crippen LogP contribution < -0.4 is 5.32 Å². The largest absolute Gasteiger partial charge is 0.359 e. The molecule has 170 valence electrons. The summed E-state index contributed by atoms with van der Waals surface area (Å²) in [4.78, 5) is 33.7. The van der Waals surface area contributed by atoms with E-state index in [9.17, 15) is 9.59 Å². The lowest BCUT2D eigenvalue weighted by atomic mass is 10.1. The molecule has 32 heavy (non-hydrogen) atoms. The molecule has 3 rings (SSSR count). The molecule has 7 heteroatoms. The minimum Gasteiger partial charge on any atom is -0.359 e. The Balaban J connectivity index is 1.96. The molecule has 0 saturated carbocycles. The molecule has 0 aliphatic carbocycles. The summed E-state index contributed by atoms with van der Waals surface area (Å²) < 4.78 is 0. The van der Waals surface area contributed by atoms with Crippen molar-refractivity contribution in [1.82, 2.24) is 15.1 Å². The van der Waals surface area contributed by atoms with Gasteiger partial charge in [0.05, 0.1) is 10.6 Å². The first-order valence-corrected chi connectivity index (χ1v) is 11.9. The number of amides is 2. The molecule has 0 radical (unpaired) electrons. The maximum Gasteiger partial charge on any atom is 0.290 e. The van der Waals surface area contributed by atoms with Gasteiger partial charge in [-0.2, -0.15) is 0 Å². The number of amidine groups is 1. The summed E-state index contributed by atoms with van der Waals surface area (Å²) in [6.45, 7) is 10.4. The van der Waals surface area contributed by atoms with Gasteiger partial charge in [0, 0.05) is 31.6 Å². The molecule has 2 saturated heterocycles. The molecule has 1 aromatic carbocycles. The summed E-state index contributed by atoms with van der Waals surface area (Å²) in [6, 6.07) is 7.95. The maximum absolute atomic E-state index is 11.9. The van der Waals surface area contributed by atoms with Crippen molar-refractivity contribution in [3.05, 3.63) is 58.0 Å². The molecule has 1 N–H and O–H groups in total. The smallest absolute Gasteiger partial charge is 0.290 e. The highest BCUT2D eigenvalue weighted by atomic mass is 32.2. The molecule has 2 heterocycles. The number of aliphatic imine (C=N–C) groups is 1. The minimum absolute atomic E-state index is 0.332. The zero-order chi connectivity index (χ0) is 23.1. The molecule has 2 amide bonds. The number of allylic oxidation sites excluding steroid dienone is 3. The Labute approximate surface area is 195 Å². The van der Waals surface area contributed by atoms with Gasteiger partial charge in [-0.3, -0.25) is 14.9 Å². The molecule has 2 aliphatic rings. The Morgan fingerprint density at radius 1 is 1.22 bits per heavy atom. The lowest BCUT2D eigenvalue weighted by Crippen LogP contribution is -2.34. The fourth-order valence-electron chi connectivity index (χ4n) is 3.66. The van der Waals surface area contributed by atoms with E-state index in [1.54, 1.807) is 6.08 Å². The topological polar surface area (TPSA) is 65.0 Å². The number of rotatable bonds is 5. The van der Waals surface area contributed by atoms with E-state index >= 15 is 0 Å². The number of thioether (sulfide) groups is 1. The third-order valence-corrected chi connectivity index (χ3v) is 6.40. The zero-order valence-corrected chi connectivity index (χ0v) is 20.2. The van der Waals surface area contributed by atoms with E-state index in [4.69, 9.17) is 4.99 Å². The Kier molecular flexibility index (Phi) is 8.47. The van der Waals surface area contributed by atoms with Crippen LogP contribution in [0.5, 0.6) is 0 Å². The quantitative estimate of drug-likeness (QED) is 0.302. The van der Waals surface area contributed by atoms with Crippen molar-refractivity contribution >= 4 is 40.5 Å². The van der Waals surface area contributed by atoms with Crippen molar-refractivity contribution < 1.29 is 9.59 Å². The summed E-state index contributed by atoms with van der Waals surface area (Å²) in [5.74, 6) is 0.749. The lowest BCUT2D eigenvalue weighted by molar-refractivity contribution is -0.115. The second-order valence-electron chi connectivity index (χ2n) is 8.07. The van der Waals surface area contributed by atoms with Gasteiger partial charge in [0.2, 0.25) is 0 Å². The molecule has 0 bridgehead atoms. The molecular weight excluding hydrogens is 420 g/mol. The number of nitrogens with zero attached hydrogens (tertiary/aromatic N) is 3. The Bertz CT molecular complexity index is 993. The van der Waals surface area contributed by atoms with E-state index in [0.29, 0.717) is 4.91 Å². The highest BCUT2D eigenvalue weighted by Crippen LogP contribution is 2.27. The summed E-state index contributed by atoms with van der Waals surface area (Å²) >= 11 is 0.932. The van der Waals surface area contributed by atoms with E-state index in [1.165, 1.54) is 0 Å². The second kappa shape index (κ2) is 11.3. The van der Waals surface area contributed by atoms with Gasteiger partial charge in [-0.25, -0.2) is 4.99 Å². The van der Waals surface area contributed by atoms with Crippen LogP contribution in [0.3, 0.4) is 0 Å². The van der Waals surface area contributed by atoms with E-state index in [0.717, 1.165) is 79.0 Å². The van der Waals surface area contributed by atoms with E-state index in [1.807, 2.05) is 31.2 Å². The standard InChI is InChI=1S/C25H32N4O2S/c1-5-18(3)15-21(26-23(6-2)29-12-8-11-28(4)13-14-29)20-10-7-9-19(16-20)17-22-24(30)27-25(31)32-22/h5,7,9-10,15-17H,6,8,11-14H2,1-4H3,(H,27,30,31)/b18-5?,21-15-,22-17-,26-23?. The molecular formula is C25H32N4O2S. The van der Waals surface area contributed by atoms with Crippen LogP contribution >= 0.6 is 11.8 Å². The number of carbonyl (C=O) groups excluding carboxylic acids is 2. The third kappa shape index (κ3) is 6.43. The Morgan fingerprint density at radius 3 is 2.72 bits per heavy atom. The normalized spacial score (nSPS) is 20.7. The Hall–Kier alpha value is -2.64. The van der Waals surface area contributed by atoms with Crippen LogP contribution in [-0.2, 0) is 4.79 Å². The van der Waals surface area contributed by atoms with Crippen LogP contribution in [0.15, 0.2) is 51.9 Å². The SMILES string of the molecule is CC=C(C)/C=C(\N=C(CC)N1CCCN(C)CC1)c1cccc(/C=C2\SC(=O)NC2=O)c1. The first kappa shape index (κ1) is 24.0. The van der Waals surface area contributed by atoms with Crippen LogP contribution in [0.1, 0.15) is 44.7 Å². The fourth-order valence-corrected chi connectivity index (χ4v) is 4.34. The fraction of sp³-hybridized carbons (Fsp3) is 0.400. The predicted molar refractivity (Wildman–Crippen MR) is 134 cm³/mol. The number of benzene rings is 1. The van der Waals surface area contributed by atoms with Gasteiger partial charge >= 0.3 is 0 Å². The number of imide groups is 1. The molecule has 1 aromatic rings. The van der Waals surface area contributed by atoms with Gasteiger partial charge in [0.15, 0.2) is 0 Å². The van der Waals surface area contributed by atoms with Gasteiger partial charge in [0.1, 0.15) is 5.84 Å². The van der Waals surface area contributed by atoms with E-state index in [-0.39, 0.29) is 11.1 Å². The average molecular weight is 453 g/mol. The molecule has 0 spiro atoms. The monoisotopic (exact) mass is 452 g/mol. The van der Waals surface area contributed by atoms with Gasteiger partial charge in [-0.1, -0.05) is 36.8 Å². The molecule has 6 nitrogen and oxygen atoms in total. The third-order valence-electron chi connectivity index (χ3n) is 5.59. The van der Waals surface area contributed by atoms with Gasteiger partial charge in [-0.15, -0.1) is 0 Å². The molecule has 0 atom stereocenters. The lowest BCUT2D eigenvalue weighted by Gasteiger charge is -2.24. The first-order valence-electron chi connectivity index (χ1n) is 11.1. The average Bonchev–Trinajstić information content (AvgIpc) is 2.95. The maximum atomic E-state index is 11.9. The minimum atomic E-state index is -0.344. The zero-order valence-electron chi connectivity index (χ0n) is 19.4. The van der Waals surface area contributed by atoms with E-state index in [2.05, 4.69) is 48.2 Å². The predicted octanol–water partition coefficient (Wildman–Crippen LogP) is 4.76. The van der Waals surface area contributed by atoms with Crippen molar-refractivity contribution in [2.75, 3.05) is 33.2 Å². The Morgan fingerprint density at radius 2 is 2.03 bits per heavy atom. The number of hydrogen-bond acceptors (Lipinski definition) is 5. The van der Waals surface area contributed by atoms with Crippen LogP contribution in [0, 0.1) is 0 Å². The van der Waals surface area contributed by atoms with Crippen LogP contribution in [-0.4, -0.2) is 60.0 Å². The molecule has 2 fully saturated rings. The highest BCUT2D eigenvalue weighted by molar-refractivity contribution is 8.18. The van der Waals surface area contributed by atoms with Gasteiger partial charge in [-0.05, 0) is 69.4 Å². The van der Waals surface area contributed by atoms with Crippen molar-refractivity contribution in [2.24, 2.45) is 4.99 Å². The summed E-state index contributed by atoms with van der Waals surface area (Å²) in [5, 5.41) is 1.97. The van der Waals surface area contributed by atoms with Crippen LogP contribution in [0.25, 0.3) is 11.8 Å². The van der Waals surface area contributed by atoms with E-state index < -0.39 is 0 Å². The van der Waals surface area contributed by atoms with Crippen molar-refractivity contribution in [3.8, 4) is 0 Å². The van der Waals surface area contributed by atoms with Gasteiger partial charge in [0.25, 0.3) is 11.1 Å². The van der Waals surface area contributed by atoms with Crippen molar-refractivity contribution in [3.63, 3.8) is 0 Å². The number of hydrogen-bond donors (Lipinski definition) is 1. The highest BCUT2D eigenvalue weighted by Gasteiger charge is 2.25.